The van der Waals surface area contributed by atoms with Gasteiger partial charge in [-0.1, -0.05) is 6.42 Å². The summed E-state index contributed by atoms with van der Waals surface area (Å²) in [5, 5.41) is 26.1. The minimum atomic E-state index is -0.367. The average Bonchev–Trinajstić information content (AvgIpc) is 2.16. The van der Waals surface area contributed by atoms with Gasteiger partial charge in [0.15, 0.2) is 0 Å². The maximum Gasteiger partial charge on any atom is 0.0779 e. The number of rotatable bonds is 0. The molecular formula is C9H9N3. The molecule has 3 nitrogen and oxygen atoms in total. The smallest absolute Gasteiger partial charge is 0.0779 e. The quantitative estimate of drug-likeness (QED) is 0.538. The van der Waals surface area contributed by atoms with Gasteiger partial charge in [-0.2, -0.15) is 15.8 Å². The molecular weight excluding hydrogens is 150 g/mol. The standard InChI is InChI=1S/C9H9N3/c10-4-7-2-1-3-8(5-11)9(7)6-12/h7-9H,1-3H2. The third kappa shape index (κ3) is 1.39. The molecule has 1 rings (SSSR count). The van der Waals surface area contributed by atoms with Crippen LogP contribution in [0.3, 0.4) is 0 Å². The van der Waals surface area contributed by atoms with Crippen molar-refractivity contribution in [1.29, 1.82) is 15.8 Å². The van der Waals surface area contributed by atoms with Crippen LogP contribution in [0.5, 0.6) is 0 Å². The van der Waals surface area contributed by atoms with E-state index in [2.05, 4.69) is 18.2 Å². The average molecular weight is 159 g/mol. The molecule has 0 aliphatic heterocycles. The normalized spacial score (nSPS) is 34.2. The summed E-state index contributed by atoms with van der Waals surface area (Å²) in [6, 6.07) is 6.25. The molecule has 60 valence electrons. The second kappa shape index (κ2) is 3.74. The van der Waals surface area contributed by atoms with Crippen LogP contribution in [-0.4, -0.2) is 0 Å². The van der Waals surface area contributed by atoms with Crippen LogP contribution in [0.25, 0.3) is 0 Å². The summed E-state index contributed by atoms with van der Waals surface area (Å²) in [4.78, 5) is 0. The summed E-state index contributed by atoms with van der Waals surface area (Å²) < 4.78 is 0. The van der Waals surface area contributed by atoms with Crippen molar-refractivity contribution in [2.75, 3.05) is 0 Å². The molecule has 0 aromatic heterocycles. The summed E-state index contributed by atoms with van der Waals surface area (Å²) in [5.41, 5.74) is 0. The van der Waals surface area contributed by atoms with Crippen LogP contribution in [0.4, 0.5) is 0 Å². The molecule has 0 saturated heterocycles. The number of nitriles is 3. The fourth-order valence-corrected chi connectivity index (χ4v) is 1.67. The molecule has 2 unspecified atom stereocenters. The lowest BCUT2D eigenvalue weighted by molar-refractivity contribution is 0.291. The van der Waals surface area contributed by atoms with Gasteiger partial charge in [-0.3, -0.25) is 0 Å². The van der Waals surface area contributed by atoms with Gasteiger partial charge in [-0.25, -0.2) is 0 Å². The van der Waals surface area contributed by atoms with Crippen molar-refractivity contribution in [1.82, 2.24) is 0 Å². The minimum Gasteiger partial charge on any atom is -0.198 e. The molecule has 1 aliphatic carbocycles. The predicted molar refractivity (Wildman–Crippen MR) is 41.2 cm³/mol. The van der Waals surface area contributed by atoms with Gasteiger partial charge in [0.25, 0.3) is 0 Å². The van der Waals surface area contributed by atoms with E-state index >= 15 is 0 Å². The molecule has 0 radical (unpaired) electrons. The molecule has 0 amide bonds. The Labute approximate surface area is 71.8 Å². The molecule has 0 spiro atoms. The highest BCUT2D eigenvalue weighted by Gasteiger charge is 2.33. The van der Waals surface area contributed by atoms with Crippen LogP contribution in [0.1, 0.15) is 19.3 Å². The zero-order valence-electron chi connectivity index (χ0n) is 6.70. The zero-order chi connectivity index (χ0) is 8.97. The van der Waals surface area contributed by atoms with Crippen LogP contribution in [0, 0.1) is 51.7 Å². The number of hydrogen-bond acceptors (Lipinski definition) is 3. The van der Waals surface area contributed by atoms with Gasteiger partial charge in [0.1, 0.15) is 0 Å². The molecule has 3 heteroatoms. The molecule has 12 heavy (non-hydrogen) atoms. The fraction of sp³-hybridized carbons (Fsp3) is 0.667. The summed E-state index contributed by atoms with van der Waals surface area (Å²) in [5.74, 6) is -0.824. The topological polar surface area (TPSA) is 71.4 Å². The summed E-state index contributed by atoms with van der Waals surface area (Å²) in [6.45, 7) is 0. The summed E-state index contributed by atoms with van der Waals surface area (Å²) in [6.07, 6.45) is 2.44. The SMILES string of the molecule is N#CC1CCCC(C#N)C1C#N. The Hall–Kier alpha value is -1.53. The molecule has 2 atom stereocenters. The zero-order valence-corrected chi connectivity index (χ0v) is 6.70. The first-order valence-electron chi connectivity index (χ1n) is 4.02. The Kier molecular flexibility index (Phi) is 2.67. The predicted octanol–water partition coefficient (Wildman–Crippen LogP) is 1.59. The molecule has 1 fully saturated rings. The van der Waals surface area contributed by atoms with Gasteiger partial charge in [-0.15, -0.1) is 0 Å². The second-order valence-electron chi connectivity index (χ2n) is 3.06. The largest absolute Gasteiger partial charge is 0.198 e. The fourth-order valence-electron chi connectivity index (χ4n) is 1.67. The van der Waals surface area contributed by atoms with E-state index in [0.717, 1.165) is 19.3 Å². The Morgan fingerprint density at radius 2 is 1.33 bits per heavy atom. The molecule has 0 aromatic rings. The maximum atomic E-state index is 8.74. The lowest BCUT2D eigenvalue weighted by atomic mass is 9.74. The third-order valence-electron chi connectivity index (χ3n) is 2.38. The van der Waals surface area contributed by atoms with Crippen LogP contribution < -0.4 is 0 Å². The van der Waals surface area contributed by atoms with Crippen LogP contribution in [0.15, 0.2) is 0 Å². The van der Waals surface area contributed by atoms with Crippen molar-refractivity contribution in [2.45, 2.75) is 19.3 Å². The van der Waals surface area contributed by atoms with E-state index in [4.69, 9.17) is 15.8 Å². The van der Waals surface area contributed by atoms with Crippen molar-refractivity contribution in [2.24, 2.45) is 17.8 Å². The van der Waals surface area contributed by atoms with E-state index in [1.54, 1.807) is 0 Å². The molecule has 1 saturated carbocycles. The Morgan fingerprint density at radius 3 is 1.67 bits per heavy atom. The van der Waals surface area contributed by atoms with Crippen LogP contribution in [0.2, 0.25) is 0 Å². The third-order valence-corrected chi connectivity index (χ3v) is 2.38. The van der Waals surface area contributed by atoms with E-state index in [9.17, 15) is 0 Å². The first kappa shape index (κ1) is 8.57. The first-order chi connectivity index (χ1) is 5.83. The number of hydrogen-bond donors (Lipinski definition) is 0. The highest BCUT2D eigenvalue weighted by atomic mass is 14.4. The molecule has 0 aromatic carbocycles. The van der Waals surface area contributed by atoms with Gasteiger partial charge >= 0.3 is 0 Å². The maximum absolute atomic E-state index is 8.74. The molecule has 0 N–H and O–H groups in total. The summed E-state index contributed by atoms with van der Waals surface area (Å²) >= 11 is 0. The van der Waals surface area contributed by atoms with E-state index in [-0.39, 0.29) is 17.8 Å². The van der Waals surface area contributed by atoms with Gasteiger partial charge in [-0.05, 0) is 12.8 Å². The van der Waals surface area contributed by atoms with E-state index in [0.29, 0.717) is 0 Å². The van der Waals surface area contributed by atoms with Gasteiger partial charge in [0.2, 0.25) is 0 Å². The Morgan fingerprint density at radius 1 is 0.833 bits per heavy atom. The van der Waals surface area contributed by atoms with Crippen molar-refractivity contribution in [3.63, 3.8) is 0 Å². The van der Waals surface area contributed by atoms with Gasteiger partial charge in [0, 0.05) is 0 Å². The second-order valence-corrected chi connectivity index (χ2v) is 3.06. The molecule has 0 heterocycles. The van der Waals surface area contributed by atoms with Gasteiger partial charge in [0.05, 0.1) is 36.0 Å². The highest BCUT2D eigenvalue weighted by Crippen LogP contribution is 2.33. The lowest BCUT2D eigenvalue weighted by Gasteiger charge is -2.25. The summed E-state index contributed by atoms with van der Waals surface area (Å²) in [7, 11) is 0. The van der Waals surface area contributed by atoms with Gasteiger partial charge < -0.3 is 0 Å². The lowest BCUT2D eigenvalue weighted by Crippen LogP contribution is -2.25. The van der Waals surface area contributed by atoms with E-state index < -0.39 is 0 Å². The van der Waals surface area contributed by atoms with Crippen LogP contribution in [-0.2, 0) is 0 Å². The molecule has 0 bridgehead atoms. The number of nitrogens with zero attached hydrogens (tertiary/aromatic N) is 3. The van der Waals surface area contributed by atoms with Crippen molar-refractivity contribution in [3.8, 4) is 18.2 Å². The minimum absolute atomic E-state index is 0.228. The van der Waals surface area contributed by atoms with Crippen molar-refractivity contribution >= 4 is 0 Å². The first-order valence-corrected chi connectivity index (χ1v) is 4.02. The monoisotopic (exact) mass is 159 g/mol. The van der Waals surface area contributed by atoms with Crippen molar-refractivity contribution in [3.05, 3.63) is 0 Å². The highest BCUT2D eigenvalue weighted by molar-refractivity contribution is 5.08. The Bertz CT molecular complexity index is 254. The van der Waals surface area contributed by atoms with E-state index in [1.807, 2.05) is 0 Å². The van der Waals surface area contributed by atoms with Crippen molar-refractivity contribution < 1.29 is 0 Å². The molecule has 1 aliphatic rings. The van der Waals surface area contributed by atoms with Crippen LogP contribution >= 0.6 is 0 Å². The Balaban J connectivity index is 2.77. The van der Waals surface area contributed by atoms with E-state index in [1.165, 1.54) is 0 Å².